The van der Waals surface area contributed by atoms with Crippen LogP contribution in [-0.4, -0.2) is 18.9 Å². The second kappa shape index (κ2) is 6.35. The highest BCUT2D eigenvalue weighted by Crippen LogP contribution is 2.19. The maximum absolute atomic E-state index is 11.4. The molecule has 0 saturated carbocycles. The Morgan fingerprint density at radius 2 is 2.07 bits per heavy atom. The maximum atomic E-state index is 11.4. The van der Waals surface area contributed by atoms with Crippen LogP contribution in [0.15, 0.2) is 12.7 Å². The molecule has 0 fully saturated rings. The standard InChI is InChI=1S/C11H18O3/c1-5-7-9(6-2)8(3)10(12)11(13)14-4/h6,8-9H,2,5,7H2,1,3-4H3/t8-,9-/m0/s1. The van der Waals surface area contributed by atoms with E-state index in [1.807, 2.05) is 6.92 Å². The third kappa shape index (κ3) is 3.32. The first-order valence-electron chi connectivity index (χ1n) is 4.83. The van der Waals surface area contributed by atoms with Crippen molar-refractivity contribution in [3.05, 3.63) is 12.7 Å². The summed E-state index contributed by atoms with van der Waals surface area (Å²) in [4.78, 5) is 22.4. The molecule has 0 bridgehead atoms. The first-order chi connectivity index (χ1) is 6.58. The predicted octanol–water partition coefficient (Wildman–Crippen LogP) is 1.97. The lowest BCUT2D eigenvalue weighted by atomic mass is 9.87. The number of carbonyl (C=O) groups is 2. The molecule has 14 heavy (non-hydrogen) atoms. The predicted molar refractivity (Wildman–Crippen MR) is 54.8 cm³/mol. The summed E-state index contributed by atoms with van der Waals surface area (Å²) in [6.45, 7) is 7.43. The van der Waals surface area contributed by atoms with Crippen LogP contribution in [0.2, 0.25) is 0 Å². The number of ketones is 1. The van der Waals surface area contributed by atoms with Gasteiger partial charge >= 0.3 is 5.97 Å². The number of methoxy groups -OCH3 is 1. The van der Waals surface area contributed by atoms with Crippen LogP contribution in [0.5, 0.6) is 0 Å². The van der Waals surface area contributed by atoms with Crippen molar-refractivity contribution in [1.29, 1.82) is 0 Å². The van der Waals surface area contributed by atoms with Crippen molar-refractivity contribution >= 4 is 11.8 Å². The number of carbonyl (C=O) groups excluding carboxylic acids is 2. The molecule has 0 aromatic rings. The molecule has 80 valence electrons. The van der Waals surface area contributed by atoms with E-state index in [-0.39, 0.29) is 11.8 Å². The Bertz CT molecular complexity index is 221. The number of hydrogen-bond acceptors (Lipinski definition) is 3. The molecule has 0 saturated heterocycles. The van der Waals surface area contributed by atoms with Crippen molar-refractivity contribution < 1.29 is 14.3 Å². The molecule has 0 heterocycles. The van der Waals surface area contributed by atoms with Crippen LogP contribution in [0.25, 0.3) is 0 Å². The minimum absolute atomic E-state index is 0.0617. The molecule has 0 aliphatic heterocycles. The Hall–Kier alpha value is -1.12. The number of hydrogen-bond donors (Lipinski definition) is 0. The van der Waals surface area contributed by atoms with E-state index in [1.54, 1.807) is 13.0 Å². The first-order valence-corrected chi connectivity index (χ1v) is 4.83. The summed E-state index contributed by atoms with van der Waals surface area (Å²) >= 11 is 0. The van der Waals surface area contributed by atoms with E-state index in [1.165, 1.54) is 7.11 Å². The van der Waals surface area contributed by atoms with Crippen molar-refractivity contribution in [3.8, 4) is 0 Å². The summed E-state index contributed by atoms with van der Waals surface area (Å²) in [7, 11) is 1.22. The molecule has 0 rings (SSSR count). The zero-order valence-corrected chi connectivity index (χ0v) is 9.08. The van der Waals surface area contributed by atoms with E-state index < -0.39 is 11.8 Å². The summed E-state index contributed by atoms with van der Waals surface area (Å²) in [5.41, 5.74) is 0. The fraction of sp³-hybridized carbons (Fsp3) is 0.636. The van der Waals surface area contributed by atoms with Crippen molar-refractivity contribution in [1.82, 2.24) is 0 Å². The highest BCUT2D eigenvalue weighted by Gasteiger charge is 2.26. The van der Waals surface area contributed by atoms with Crippen LogP contribution >= 0.6 is 0 Å². The van der Waals surface area contributed by atoms with Crippen molar-refractivity contribution in [3.63, 3.8) is 0 Å². The minimum Gasteiger partial charge on any atom is -0.463 e. The Morgan fingerprint density at radius 1 is 1.50 bits per heavy atom. The molecular weight excluding hydrogens is 180 g/mol. The quantitative estimate of drug-likeness (QED) is 0.372. The Labute approximate surface area is 85.1 Å². The zero-order chi connectivity index (χ0) is 11.1. The average Bonchev–Trinajstić information content (AvgIpc) is 2.22. The van der Waals surface area contributed by atoms with Gasteiger partial charge in [-0.3, -0.25) is 4.79 Å². The summed E-state index contributed by atoms with van der Waals surface area (Å²) in [5.74, 6) is -1.50. The molecule has 2 atom stereocenters. The lowest BCUT2D eigenvalue weighted by Gasteiger charge is -2.17. The second-order valence-corrected chi connectivity index (χ2v) is 3.33. The van der Waals surface area contributed by atoms with Gasteiger partial charge in [0, 0.05) is 5.92 Å². The molecule has 0 aromatic carbocycles. The van der Waals surface area contributed by atoms with E-state index in [0.717, 1.165) is 12.8 Å². The third-order valence-electron chi connectivity index (χ3n) is 2.37. The van der Waals surface area contributed by atoms with Gasteiger partial charge in [0.1, 0.15) is 0 Å². The molecule has 3 nitrogen and oxygen atoms in total. The van der Waals surface area contributed by atoms with E-state index in [9.17, 15) is 9.59 Å². The molecule has 0 spiro atoms. The minimum atomic E-state index is -0.763. The molecular formula is C11H18O3. The molecule has 0 unspecified atom stereocenters. The molecule has 0 aliphatic rings. The second-order valence-electron chi connectivity index (χ2n) is 3.33. The van der Waals surface area contributed by atoms with Gasteiger partial charge in [-0.15, -0.1) is 6.58 Å². The first kappa shape index (κ1) is 12.9. The van der Waals surface area contributed by atoms with Gasteiger partial charge in [-0.05, 0) is 12.3 Å². The highest BCUT2D eigenvalue weighted by molar-refractivity contribution is 6.34. The molecule has 0 aromatic heterocycles. The van der Waals surface area contributed by atoms with Crippen LogP contribution in [0.3, 0.4) is 0 Å². The van der Waals surface area contributed by atoms with Crippen LogP contribution in [0.4, 0.5) is 0 Å². The molecule has 0 radical (unpaired) electrons. The number of allylic oxidation sites excluding steroid dienone is 1. The van der Waals surface area contributed by atoms with Gasteiger partial charge in [-0.2, -0.15) is 0 Å². The van der Waals surface area contributed by atoms with E-state index >= 15 is 0 Å². The van der Waals surface area contributed by atoms with Gasteiger partial charge in [0.05, 0.1) is 7.11 Å². The maximum Gasteiger partial charge on any atom is 0.374 e. The average molecular weight is 198 g/mol. The van der Waals surface area contributed by atoms with Crippen molar-refractivity contribution in [2.75, 3.05) is 7.11 Å². The fourth-order valence-corrected chi connectivity index (χ4v) is 1.39. The third-order valence-corrected chi connectivity index (χ3v) is 2.37. The van der Waals surface area contributed by atoms with Gasteiger partial charge in [0.15, 0.2) is 0 Å². The molecule has 0 aliphatic carbocycles. The Balaban J connectivity index is 4.41. The topological polar surface area (TPSA) is 43.4 Å². The number of ether oxygens (including phenoxy) is 1. The van der Waals surface area contributed by atoms with Gasteiger partial charge in [-0.25, -0.2) is 4.79 Å². The monoisotopic (exact) mass is 198 g/mol. The highest BCUT2D eigenvalue weighted by atomic mass is 16.5. The fourth-order valence-electron chi connectivity index (χ4n) is 1.39. The van der Waals surface area contributed by atoms with Gasteiger partial charge < -0.3 is 4.74 Å². The van der Waals surface area contributed by atoms with Gasteiger partial charge in [0.2, 0.25) is 5.78 Å². The zero-order valence-electron chi connectivity index (χ0n) is 9.08. The van der Waals surface area contributed by atoms with Crippen LogP contribution < -0.4 is 0 Å². The molecule has 0 amide bonds. The van der Waals surface area contributed by atoms with Gasteiger partial charge in [-0.1, -0.05) is 26.3 Å². The summed E-state index contributed by atoms with van der Waals surface area (Å²) < 4.78 is 4.38. The van der Waals surface area contributed by atoms with E-state index in [0.29, 0.717) is 0 Å². The molecule has 0 N–H and O–H groups in total. The van der Waals surface area contributed by atoms with Crippen molar-refractivity contribution in [2.24, 2.45) is 11.8 Å². The lowest BCUT2D eigenvalue weighted by molar-refractivity contribution is -0.153. The van der Waals surface area contributed by atoms with Crippen LogP contribution in [0, 0.1) is 11.8 Å². The Morgan fingerprint density at radius 3 is 2.43 bits per heavy atom. The SMILES string of the molecule is C=C[C@@H](CCC)[C@H](C)C(=O)C(=O)OC. The van der Waals surface area contributed by atoms with E-state index in [2.05, 4.69) is 11.3 Å². The lowest BCUT2D eigenvalue weighted by Crippen LogP contribution is -2.27. The van der Waals surface area contributed by atoms with Crippen LogP contribution in [-0.2, 0) is 14.3 Å². The summed E-state index contributed by atoms with van der Waals surface area (Å²) in [5, 5.41) is 0. The normalized spacial score (nSPS) is 14.2. The van der Waals surface area contributed by atoms with Gasteiger partial charge in [0.25, 0.3) is 0 Å². The number of Topliss-reactive ketones (excluding diaryl/α,β-unsaturated/α-hetero) is 1. The number of rotatable bonds is 6. The Kier molecular flexibility index (Phi) is 5.84. The molecule has 3 heteroatoms. The van der Waals surface area contributed by atoms with Crippen LogP contribution in [0.1, 0.15) is 26.7 Å². The van der Waals surface area contributed by atoms with Crippen molar-refractivity contribution in [2.45, 2.75) is 26.7 Å². The summed E-state index contributed by atoms with van der Waals surface area (Å²) in [6.07, 6.45) is 3.57. The van der Waals surface area contributed by atoms with E-state index in [4.69, 9.17) is 0 Å². The number of esters is 1. The summed E-state index contributed by atoms with van der Waals surface area (Å²) in [6, 6.07) is 0. The largest absolute Gasteiger partial charge is 0.463 e. The smallest absolute Gasteiger partial charge is 0.374 e.